The Morgan fingerprint density at radius 1 is 1.44 bits per heavy atom. The fourth-order valence-corrected chi connectivity index (χ4v) is 1.99. The molecule has 0 saturated heterocycles. The first kappa shape index (κ1) is 14.7. The molecule has 0 aliphatic carbocycles. The van der Waals surface area contributed by atoms with Gasteiger partial charge < -0.3 is 14.7 Å². The number of hydrogen-bond donors (Lipinski definition) is 1. The van der Waals surface area contributed by atoms with Crippen LogP contribution in [0.15, 0.2) is 4.52 Å². The van der Waals surface area contributed by atoms with E-state index in [1.807, 2.05) is 13.8 Å². The first-order valence-electron chi connectivity index (χ1n) is 6.29. The second kappa shape index (κ2) is 6.54. The summed E-state index contributed by atoms with van der Waals surface area (Å²) in [6.07, 6.45) is 1.42. The minimum absolute atomic E-state index is 0.168. The van der Waals surface area contributed by atoms with E-state index in [-0.39, 0.29) is 11.9 Å². The molecule has 0 spiro atoms. The van der Waals surface area contributed by atoms with Crippen LogP contribution in [-0.4, -0.2) is 36.6 Å². The maximum absolute atomic E-state index is 11.4. The van der Waals surface area contributed by atoms with Crippen LogP contribution in [-0.2, 0) is 4.79 Å². The van der Waals surface area contributed by atoms with E-state index in [1.54, 1.807) is 19.0 Å². The van der Waals surface area contributed by atoms with Crippen molar-refractivity contribution in [1.29, 1.82) is 0 Å². The van der Waals surface area contributed by atoms with Crippen LogP contribution in [0.3, 0.4) is 0 Å². The first-order chi connectivity index (χ1) is 8.43. The lowest BCUT2D eigenvalue weighted by Crippen LogP contribution is -2.25. The van der Waals surface area contributed by atoms with Gasteiger partial charge in [0, 0.05) is 32.1 Å². The van der Waals surface area contributed by atoms with Gasteiger partial charge in [-0.1, -0.05) is 5.16 Å². The molecule has 0 aliphatic rings. The van der Waals surface area contributed by atoms with Crippen molar-refractivity contribution in [3.05, 3.63) is 17.0 Å². The molecule has 0 bridgehead atoms. The molecule has 5 nitrogen and oxygen atoms in total. The van der Waals surface area contributed by atoms with E-state index < -0.39 is 0 Å². The molecule has 18 heavy (non-hydrogen) atoms. The highest BCUT2D eigenvalue weighted by molar-refractivity contribution is 5.75. The van der Waals surface area contributed by atoms with Crippen molar-refractivity contribution < 1.29 is 9.32 Å². The van der Waals surface area contributed by atoms with Gasteiger partial charge in [-0.2, -0.15) is 0 Å². The topological polar surface area (TPSA) is 58.4 Å². The molecule has 0 saturated carbocycles. The predicted molar refractivity (Wildman–Crippen MR) is 70.3 cm³/mol. The average molecular weight is 253 g/mol. The molecule has 1 rings (SSSR count). The maximum atomic E-state index is 11.4. The lowest BCUT2D eigenvalue weighted by Gasteiger charge is -2.14. The van der Waals surface area contributed by atoms with Gasteiger partial charge in [-0.15, -0.1) is 0 Å². The summed E-state index contributed by atoms with van der Waals surface area (Å²) in [5.74, 6) is 1.03. The van der Waals surface area contributed by atoms with Gasteiger partial charge in [0.25, 0.3) is 0 Å². The summed E-state index contributed by atoms with van der Waals surface area (Å²) < 4.78 is 5.14. The first-order valence-corrected chi connectivity index (χ1v) is 6.29. The molecule has 1 heterocycles. The second-order valence-corrected chi connectivity index (χ2v) is 4.81. The molecular weight excluding hydrogens is 230 g/mol. The molecule has 0 fully saturated rings. The van der Waals surface area contributed by atoms with Gasteiger partial charge >= 0.3 is 0 Å². The van der Waals surface area contributed by atoms with E-state index in [4.69, 9.17) is 4.52 Å². The number of aromatic nitrogens is 1. The van der Waals surface area contributed by atoms with Crippen LogP contribution in [0.2, 0.25) is 0 Å². The second-order valence-electron chi connectivity index (χ2n) is 4.81. The SMILES string of the molecule is Cc1noc(C)c1C(C)NCCCC(=O)N(C)C. The van der Waals surface area contributed by atoms with E-state index in [0.717, 1.165) is 30.0 Å². The maximum Gasteiger partial charge on any atom is 0.222 e. The summed E-state index contributed by atoms with van der Waals surface area (Å²) in [6.45, 7) is 6.76. The Labute approximate surface area is 109 Å². The predicted octanol–water partition coefficient (Wildman–Crippen LogP) is 1.81. The minimum Gasteiger partial charge on any atom is -0.361 e. The average Bonchev–Trinajstić information content (AvgIpc) is 2.63. The number of carbonyl (C=O) groups is 1. The zero-order chi connectivity index (χ0) is 13.7. The molecular formula is C13H23N3O2. The zero-order valence-corrected chi connectivity index (χ0v) is 11.9. The monoisotopic (exact) mass is 253 g/mol. The quantitative estimate of drug-likeness (QED) is 0.786. The highest BCUT2D eigenvalue weighted by atomic mass is 16.5. The Balaban J connectivity index is 2.34. The number of amides is 1. The third-order valence-corrected chi connectivity index (χ3v) is 3.04. The van der Waals surface area contributed by atoms with Crippen molar-refractivity contribution in [2.24, 2.45) is 0 Å². The fourth-order valence-electron chi connectivity index (χ4n) is 1.99. The van der Waals surface area contributed by atoms with Crippen molar-refractivity contribution in [2.75, 3.05) is 20.6 Å². The van der Waals surface area contributed by atoms with Crippen molar-refractivity contribution >= 4 is 5.91 Å². The Morgan fingerprint density at radius 3 is 2.61 bits per heavy atom. The lowest BCUT2D eigenvalue weighted by atomic mass is 10.1. The van der Waals surface area contributed by atoms with Crippen molar-refractivity contribution in [3.8, 4) is 0 Å². The highest BCUT2D eigenvalue weighted by Crippen LogP contribution is 2.20. The molecule has 0 radical (unpaired) electrons. The van der Waals surface area contributed by atoms with Gasteiger partial charge in [-0.05, 0) is 33.7 Å². The minimum atomic E-state index is 0.168. The lowest BCUT2D eigenvalue weighted by molar-refractivity contribution is -0.128. The number of nitrogens with zero attached hydrogens (tertiary/aromatic N) is 2. The molecule has 1 unspecified atom stereocenters. The summed E-state index contributed by atoms with van der Waals surface area (Å²) in [5, 5.41) is 7.33. The number of rotatable bonds is 6. The van der Waals surface area contributed by atoms with Crippen LogP contribution in [0, 0.1) is 13.8 Å². The van der Waals surface area contributed by atoms with E-state index in [0.29, 0.717) is 6.42 Å². The van der Waals surface area contributed by atoms with E-state index in [9.17, 15) is 4.79 Å². The summed E-state index contributed by atoms with van der Waals surface area (Å²) in [5.41, 5.74) is 2.05. The molecule has 102 valence electrons. The van der Waals surface area contributed by atoms with Crippen LogP contribution < -0.4 is 5.32 Å². The Hall–Kier alpha value is -1.36. The van der Waals surface area contributed by atoms with E-state index in [2.05, 4.69) is 17.4 Å². The van der Waals surface area contributed by atoms with Gasteiger partial charge in [-0.25, -0.2) is 0 Å². The number of nitrogens with one attached hydrogen (secondary N) is 1. The third-order valence-electron chi connectivity index (χ3n) is 3.04. The summed E-state index contributed by atoms with van der Waals surface area (Å²) >= 11 is 0. The Bertz CT molecular complexity index is 379. The Kier molecular flexibility index (Phi) is 5.34. The normalized spacial score (nSPS) is 12.5. The summed E-state index contributed by atoms with van der Waals surface area (Å²) in [4.78, 5) is 13.0. The van der Waals surface area contributed by atoms with Crippen LogP contribution in [0.25, 0.3) is 0 Å². The Morgan fingerprint density at radius 2 is 2.11 bits per heavy atom. The smallest absolute Gasteiger partial charge is 0.222 e. The number of carbonyl (C=O) groups excluding carboxylic acids is 1. The molecule has 0 aliphatic heterocycles. The molecule has 1 amide bonds. The van der Waals surface area contributed by atoms with Gasteiger partial charge in [-0.3, -0.25) is 4.79 Å². The summed E-state index contributed by atoms with van der Waals surface area (Å²) in [7, 11) is 3.56. The van der Waals surface area contributed by atoms with Crippen LogP contribution >= 0.6 is 0 Å². The van der Waals surface area contributed by atoms with E-state index >= 15 is 0 Å². The molecule has 0 aromatic carbocycles. The van der Waals surface area contributed by atoms with Crippen molar-refractivity contribution in [2.45, 2.75) is 39.7 Å². The highest BCUT2D eigenvalue weighted by Gasteiger charge is 2.15. The van der Waals surface area contributed by atoms with Gasteiger partial charge in [0.2, 0.25) is 5.91 Å². The molecule has 1 aromatic heterocycles. The molecule has 1 aromatic rings. The van der Waals surface area contributed by atoms with Crippen LogP contribution in [0.4, 0.5) is 0 Å². The molecule has 1 N–H and O–H groups in total. The molecule has 1 atom stereocenters. The molecule has 5 heteroatoms. The summed E-state index contributed by atoms with van der Waals surface area (Å²) in [6, 6.07) is 0.200. The van der Waals surface area contributed by atoms with E-state index in [1.165, 1.54) is 0 Å². The van der Waals surface area contributed by atoms with Crippen molar-refractivity contribution in [1.82, 2.24) is 15.4 Å². The standard InChI is InChI=1S/C13H23N3O2/c1-9(13-10(2)15-18-11(13)3)14-8-6-7-12(17)16(4)5/h9,14H,6-8H2,1-5H3. The third kappa shape index (κ3) is 3.84. The van der Waals surface area contributed by atoms with Gasteiger partial charge in [0.05, 0.1) is 5.69 Å². The van der Waals surface area contributed by atoms with Gasteiger partial charge in [0.15, 0.2) is 0 Å². The van der Waals surface area contributed by atoms with Crippen LogP contribution in [0.1, 0.15) is 42.8 Å². The number of aryl methyl sites for hydroxylation is 2. The zero-order valence-electron chi connectivity index (χ0n) is 11.9. The van der Waals surface area contributed by atoms with Crippen LogP contribution in [0.5, 0.6) is 0 Å². The van der Waals surface area contributed by atoms with Gasteiger partial charge in [0.1, 0.15) is 5.76 Å². The van der Waals surface area contributed by atoms with Crippen molar-refractivity contribution in [3.63, 3.8) is 0 Å². The largest absolute Gasteiger partial charge is 0.361 e. The fraction of sp³-hybridized carbons (Fsp3) is 0.692. The number of hydrogen-bond acceptors (Lipinski definition) is 4.